The van der Waals surface area contributed by atoms with Crippen molar-refractivity contribution in [2.24, 2.45) is 0 Å². The number of nitrogens with one attached hydrogen (secondary N) is 1. The first-order valence-electron chi connectivity index (χ1n) is 6.52. The minimum absolute atomic E-state index is 0.112. The van der Waals surface area contributed by atoms with Crippen molar-refractivity contribution in [2.45, 2.75) is 18.9 Å². The predicted octanol–water partition coefficient (Wildman–Crippen LogP) is 1.93. The largest absolute Gasteiger partial charge is 0.491 e. The molecule has 1 amide bonds. The summed E-state index contributed by atoms with van der Waals surface area (Å²) in [4.78, 5) is 13.8. The molecule has 1 fully saturated rings. The molecule has 0 saturated carbocycles. The first-order chi connectivity index (χ1) is 9.18. The van der Waals surface area contributed by atoms with E-state index in [1.54, 1.807) is 12.1 Å². The molecule has 1 aliphatic heterocycles. The van der Waals surface area contributed by atoms with Gasteiger partial charge in [0.2, 0.25) is 5.91 Å². The van der Waals surface area contributed by atoms with E-state index < -0.39 is 0 Å². The quantitative estimate of drug-likeness (QED) is 0.897. The van der Waals surface area contributed by atoms with Crippen molar-refractivity contribution in [3.8, 4) is 5.75 Å². The Hall–Kier alpha value is -1.26. The van der Waals surface area contributed by atoms with Crippen LogP contribution >= 0.6 is 11.6 Å². The number of nitrogens with zero attached hydrogens (tertiary/aromatic N) is 1. The zero-order valence-electron chi connectivity index (χ0n) is 11.1. The van der Waals surface area contributed by atoms with E-state index in [2.05, 4.69) is 5.32 Å². The Bertz CT molecular complexity index is 433. The Morgan fingerprint density at radius 1 is 1.53 bits per heavy atom. The third-order valence-electron chi connectivity index (χ3n) is 3.39. The first-order valence-corrected chi connectivity index (χ1v) is 6.90. The fourth-order valence-electron chi connectivity index (χ4n) is 2.16. The molecule has 0 spiro atoms. The molecule has 104 valence electrons. The number of para-hydroxylation sites is 1. The summed E-state index contributed by atoms with van der Waals surface area (Å²) in [6.45, 7) is 2.22. The standard InChI is InChI=1S/C14H19ClN2O2/c1-17(11-6-8-16-10-11)14(18)7-9-19-13-5-3-2-4-12(13)15/h2-5,11,16H,6-10H2,1H3. The predicted molar refractivity (Wildman–Crippen MR) is 75.6 cm³/mol. The zero-order chi connectivity index (χ0) is 13.7. The molecule has 1 atom stereocenters. The van der Waals surface area contributed by atoms with Gasteiger partial charge >= 0.3 is 0 Å². The zero-order valence-corrected chi connectivity index (χ0v) is 11.8. The van der Waals surface area contributed by atoms with Gasteiger partial charge in [0.1, 0.15) is 5.75 Å². The molecule has 0 aliphatic carbocycles. The molecule has 1 heterocycles. The molecule has 1 aromatic rings. The molecule has 4 nitrogen and oxygen atoms in total. The average Bonchev–Trinajstić information content (AvgIpc) is 2.94. The van der Waals surface area contributed by atoms with Gasteiger partial charge < -0.3 is 15.0 Å². The third kappa shape index (κ3) is 3.85. The summed E-state index contributed by atoms with van der Waals surface area (Å²) in [5.41, 5.74) is 0. The molecule has 1 aromatic carbocycles. The number of carbonyl (C=O) groups excluding carboxylic acids is 1. The van der Waals surface area contributed by atoms with Crippen molar-refractivity contribution >= 4 is 17.5 Å². The number of amides is 1. The van der Waals surface area contributed by atoms with Gasteiger partial charge in [-0.05, 0) is 25.1 Å². The van der Waals surface area contributed by atoms with Gasteiger partial charge in [0.15, 0.2) is 0 Å². The van der Waals surface area contributed by atoms with E-state index in [-0.39, 0.29) is 5.91 Å². The van der Waals surface area contributed by atoms with Crippen LogP contribution in [-0.4, -0.2) is 43.6 Å². The Balaban J connectivity index is 1.76. The highest BCUT2D eigenvalue weighted by molar-refractivity contribution is 6.32. The highest BCUT2D eigenvalue weighted by Crippen LogP contribution is 2.23. The molecule has 0 bridgehead atoms. The monoisotopic (exact) mass is 282 g/mol. The van der Waals surface area contributed by atoms with Crippen molar-refractivity contribution in [3.63, 3.8) is 0 Å². The van der Waals surface area contributed by atoms with Crippen LogP contribution in [0, 0.1) is 0 Å². The van der Waals surface area contributed by atoms with Crippen molar-refractivity contribution in [1.82, 2.24) is 10.2 Å². The smallest absolute Gasteiger partial charge is 0.226 e. The Morgan fingerprint density at radius 3 is 3.00 bits per heavy atom. The lowest BCUT2D eigenvalue weighted by Gasteiger charge is -2.23. The van der Waals surface area contributed by atoms with Gasteiger partial charge in [-0.3, -0.25) is 4.79 Å². The Morgan fingerprint density at radius 2 is 2.32 bits per heavy atom. The van der Waals surface area contributed by atoms with Gasteiger partial charge in [-0.1, -0.05) is 23.7 Å². The number of hydrogen-bond donors (Lipinski definition) is 1. The highest BCUT2D eigenvalue weighted by atomic mass is 35.5. The topological polar surface area (TPSA) is 41.6 Å². The third-order valence-corrected chi connectivity index (χ3v) is 3.70. The SMILES string of the molecule is CN(C(=O)CCOc1ccccc1Cl)C1CCNC1. The number of benzene rings is 1. The molecule has 19 heavy (non-hydrogen) atoms. The molecule has 1 aliphatic rings. The van der Waals surface area contributed by atoms with Crippen LogP contribution in [0.5, 0.6) is 5.75 Å². The van der Waals surface area contributed by atoms with Crippen molar-refractivity contribution in [2.75, 3.05) is 26.7 Å². The molecule has 1 saturated heterocycles. The van der Waals surface area contributed by atoms with E-state index in [1.165, 1.54) is 0 Å². The minimum Gasteiger partial charge on any atom is -0.491 e. The first kappa shape index (κ1) is 14.2. The fourth-order valence-corrected chi connectivity index (χ4v) is 2.35. The maximum atomic E-state index is 12.0. The lowest BCUT2D eigenvalue weighted by molar-refractivity contribution is -0.132. The number of likely N-dealkylation sites (N-methyl/N-ethyl adjacent to an activating group) is 1. The van der Waals surface area contributed by atoms with E-state index in [0.29, 0.717) is 29.8 Å². The van der Waals surface area contributed by atoms with E-state index >= 15 is 0 Å². The van der Waals surface area contributed by atoms with E-state index in [1.807, 2.05) is 24.1 Å². The number of rotatable bonds is 5. The van der Waals surface area contributed by atoms with Crippen LogP contribution in [0.1, 0.15) is 12.8 Å². The highest BCUT2D eigenvalue weighted by Gasteiger charge is 2.22. The molecule has 5 heteroatoms. The summed E-state index contributed by atoms with van der Waals surface area (Å²) in [5, 5.41) is 3.83. The lowest BCUT2D eigenvalue weighted by atomic mass is 10.2. The minimum atomic E-state index is 0.112. The Kier molecular flexibility index (Phi) is 5.05. The molecular formula is C14H19ClN2O2. The van der Waals surface area contributed by atoms with Crippen molar-refractivity contribution in [3.05, 3.63) is 29.3 Å². The molecule has 1 N–H and O–H groups in total. The van der Waals surface area contributed by atoms with Crippen LogP contribution < -0.4 is 10.1 Å². The second kappa shape index (κ2) is 6.78. The van der Waals surface area contributed by atoms with Crippen LogP contribution in [0.4, 0.5) is 0 Å². The van der Waals surface area contributed by atoms with Gasteiger partial charge in [-0.2, -0.15) is 0 Å². The van der Waals surface area contributed by atoms with Crippen molar-refractivity contribution < 1.29 is 9.53 Å². The van der Waals surface area contributed by atoms with Crippen LogP contribution in [-0.2, 0) is 4.79 Å². The van der Waals surface area contributed by atoms with Crippen LogP contribution in [0.25, 0.3) is 0 Å². The molecule has 1 unspecified atom stereocenters. The van der Waals surface area contributed by atoms with Crippen molar-refractivity contribution in [1.29, 1.82) is 0 Å². The second-order valence-corrected chi connectivity index (χ2v) is 5.09. The van der Waals surface area contributed by atoms with Crippen LogP contribution in [0.15, 0.2) is 24.3 Å². The van der Waals surface area contributed by atoms with Gasteiger partial charge in [-0.25, -0.2) is 0 Å². The van der Waals surface area contributed by atoms with E-state index in [9.17, 15) is 4.79 Å². The van der Waals surface area contributed by atoms with Gasteiger partial charge in [0.25, 0.3) is 0 Å². The van der Waals surface area contributed by atoms with Gasteiger partial charge in [0.05, 0.1) is 18.1 Å². The molecule has 0 aromatic heterocycles. The second-order valence-electron chi connectivity index (χ2n) is 4.68. The molecular weight excluding hydrogens is 264 g/mol. The number of halogens is 1. The normalized spacial score (nSPS) is 18.3. The molecule has 0 radical (unpaired) electrons. The van der Waals surface area contributed by atoms with E-state index in [4.69, 9.17) is 16.3 Å². The van der Waals surface area contributed by atoms with Gasteiger partial charge in [-0.15, -0.1) is 0 Å². The summed E-state index contributed by atoms with van der Waals surface area (Å²) < 4.78 is 5.53. The van der Waals surface area contributed by atoms with Crippen LogP contribution in [0.2, 0.25) is 5.02 Å². The summed E-state index contributed by atoms with van der Waals surface area (Å²) in [6, 6.07) is 7.60. The fraction of sp³-hybridized carbons (Fsp3) is 0.500. The number of hydrogen-bond acceptors (Lipinski definition) is 3. The van der Waals surface area contributed by atoms with Gasteiger partial charge in [0, 0.05) is 19.6 Å². The summed E-state index contributed by atoms with van der Waals surface area (Å²) in [5.74, 6) is 0.739. The van der Waals surface area contributed by atoms with E-state index in [0.717, 1.165) is 19.5 Å². The number of carbonyl (C=O) groups is 1. The molecule has 2 rings (SSSR count). The maximum Gasteiger partial charge on any atom is 0.226 e. The van der Waals surface area contributed by atoms with Crippen LogP contribution in [0.3, 0.4) is 0 Å². The summed E-state index contributed by atoms with van der Waals surface area (Å²) >= 11 is 5.98. The Labute approximate surface area is 118 Å². The maximum absolute atomic E-state index is 12.0. The lowest BCUT2D eigenvalue weighted by Crippen LogP contribution is -2.38. The summed E-state index contributed by atoms with van der Waals surface area (Å²) in [7, 11) is 1.86. The average molecular weight is 283 g/mol. The summed E-state index contributed by atoms with van der Waals surface area (Å²) in [6.07, 6.45) is 1.39. The number of ether oxygens (including phenoxy) is 1.